The van der Waals surface area contributed by atoms with Crippen LogP contribution in [0.5, 0.6) is 0 Å². The molecule has 3 N–H and O–H groups in total. The maximum absolute atomic E-state index is 5.66. The molecule has 0 fully saturated rings. The first-order chi connectivity index (χ1) is 8.04. The van der Waals surface area contributed by atoms with E-state index in [0.29, 0.717) is 4.60 Å². The number of aromatic nitrogens is 3. The molecule has 0 bridgehead atoms. The predicted molar refractivity (Wildman–Crippen MR) is 71.7 cm³/mol. The minimum absolute atomic E-state index is 0.0956. The quantitative estimate of drug-likeness (QED) is 0.669. The van der Waals surface area contributed by atoms with Crippen LogP contribution in [0.2, 0.25) is 0 Å². The Labute approximate surface area is 112 Å². The van der Waals surface area contributed by atoms with Gasteiger partial charge in [0.2, 0.25) is 0 Å². The first-order valence-corrected chi connectivity index (χ1v) is 6.73. The van der Waals surface area contributed by atoms with Gasteiger partial charge in [0.05, 0.1) is 11.7 Å². The van der Waals surface area contributed by atoms with Gasteiger partial charge in [0, 0.05) is 16.8 Å². The molecule has 92 valence electrons. The Morgan fingerprint density at radius 1 is 1.53 bits per heavy atom. The highest BCUT2D eigenvalue weighted by Gasteiger charge is 2.22. The van der Waals surface area contributed by atoms with E-state index >= 15 is 0 Å². The van der Waals surface area contributed by atoms with E-state index < -0.39 is 0 Å². The summed E-state index contributed by atoms with van der Waals surface area (Å²) in [6, 6.07) is 2.05. The summed E-state index contributed by atoms with van der Waals surface area (Å²) in [7, 11) is 1.85. The molecule has 2 aromatic heterocycles. The van der Waals surface area contributed by atoms with Crippen LogP contribution in [0.3, 0.4) is 0 Å². The van der Waals surface area contributed by atoms with Crippen molar-refractivity contribution in [3.8, 4) is 0 Å². The van der Waals surface area contributed by atoms with Crippen molar-refractivity contribution in [2.24, 2.45) is 12.9 Å². The number of nitrogens with zero attached hydrogens (tertiary/aromatic N) is 3. The Morgan fingerprint density at radius 3 is 2.65 bits per heavy atom. The zero-order valence-electron chi connectivity index (χ0n) is 9.86. The van der Waals surface area contributed by atoms with Crippen molar-refractivity contribution in [1.82, 2.24) is 20.4 Å². The third kappa shape index (κ3) is 2.28. The Morgan fingerprint density at radius 2 is 2.24 bits per heavy atom. The summed E-state index contributed by atoms with van der Waals surface area (Å²) >= 11 is 5.13. The number of hydrogen-bond donors (Lipinski definition) is 2. The van der Waals surface area contributed by atoms with Crippen LogP contribution in [0.1, 0.15) is 27.1 Å². The Kier molecular flexibility index (Phi) is 3.62. The molecule has 5 nitrogen and oxygen atoms in total. The first-order valence-electron chi connectivity index (χ1n) is 5.12. The van der Waals surface area contributed by atoms with Gasteiger partial charge in [-0.1, -0.05) is 5.21 Å². The van der Waals surface area contributed by atoms with Gasteiger partial charge in [0.25, 0.3) is 0 Å². The highest BCUT2D eigenvalue weighted by Crippen LogP contribution is 2.32. The van der Waals surface area contributed by atoms with Crippen molar-refractivity contribution in [1.29, 1.82) is 0 Å². The van der Waals surface area contributed by atoms with Crippen LogP contribution < -0.4 is 11.3 Å². The molecule has 1 atom stereocenters. The molecule has 0 amide bonds. The molecule has 0 spiro atoms. The van der Waals surface area contributed by atoms with E-state index in [0.717, 1.165) is 10.6 Å². The van der Waals surface area contributed by atoms with Crippen molar-refractivity contribution in [2.75, 3.05) is 0 Å². The molecule has 0 radical (unpaired) electrons. The number of nitrogens with two attached hydrogens (primary N) is 1. The van der Waals surface area contributed by atoms with Gasteiger partial charge in [0.1, 0.15) is 0 Å². The Bertz CT molecular complexity index is 494. The molecule has 0 aliphatic rings. The average Bonchev–Trinajstić information content (AvgIpc) is 2.77. The molecule has 0 aromatic carbocycles. The second-order valence-electron chi connectivity index (χ2n) is 3.88. The van der Waals surface area contributed by atoms with Crippen molar-refractivity contribution in [3.63, 3.8) is 0 Å². The third-order valence-corrected chi connectivity index (χ3v) is 4.52. The zero-order valence-corrected chi connectivity index (χ0v) is 12.3. The van der Waals surface area contributed by atoms with Crippen molar-refractivity contribution < 1.29 is 0 Å². The van der Waals surface area contributed by atoms with E-state index in [-0.39, 0.29) is 6.04 Å². The molecule has 1 unspecified atom stereocenters. The van der Waals surface area contributed by atoms with E-state index in [1.807, 2.05) is 7.05 Å². The lowest BCUT2D eigenvalue weighted by molar-refractivity contribution is 0.575. The van der Waals surface area contributed by atoms with Crippen LogP contribution in [0, 0.1) is 13.8 Å². The van der Waals surface area contributed by atoms with E-state index in [1.54, 1.807) is 16.0 Å². The summed E-state index contributed by atoms with van der Waals surface area (Å²) in [5, 5.41) is 7.95. The first kappa shape index (κ1) is 12.7. The highest BCUT2D eigenvalue weighted by atomic mass is 79.9. The number of rotatable bonds is 3. The van der Waals surface area contributed by atoms with Crippen molar-refractivity contribution in [3.05, 3.63) is 31.7 Å². The van der Waals surface area contributed by atoms with Gasteiger partial charge in [-0.25, -0.2) is 10.1 Å². The maximum Gasteiger partial charge on any atom is 0.153 e. The van der Waals surface area contributed by atoms with Gasteiger partial charge in [0.15, 0.2) is 4.60 Å². The molecule has 0 saturated carbocycles. The summed E-state index contributed by atoms with van der Waals surface area (Å²) in [5.74, 6) is 5.66. The molecule has 0 aliphatic heterocycles. The van der Waals surface area contributed by atoms with Crippen LogP contribution in [-0.2, 0) is 7.05 Å². The zero-order chi connectivity index (χ0) is 12.6. The fourth-order valence-corrected chi connectivity index (χ4v) is 3.35. The minimum Gasteiger partial charge on any atom is -0.270 e. The van der Waals surface area contributed by atoms with E-state index in [2.05, 4.69) is 51.6 Å². The monoisotopic (exact) mass is 315 g/mol. The fraction of sp³-hybridized carbons (Fsp3) is 0.400. The largest absolute Gasteiger partial charge is 0.270 e. The molecule has 0 aliphatic carbocycles. The smallest absolute Gasteiger partial charge is 0.153 e. The summed E-state index contributed by atoms with van der Waals surface area (Å²) in [4.78, 5) is 2.46. The normalized spacial score (nSPS) is 13.0. The molecule has 2 heterocycles. The second kappa shape index (κ2) is 4.85. The van der Waals surface area contributed by atoms with Gasteiger partial charge in [-0.2, -0.15) is 0 Å². The van der Waals surface area contributed by atoms with Crippen molar-refractivity contribution >= 4 is 27.3 Å². The lowest BCUT2D eigenvalue weighted by atomic mass is 10.1. The van der Waals surface area contributed by atoms with Crippen LogP contribution in [0.25, 0.3) is 0 Å². The molecular formula is C10H14BrN5S. The lowest BCUT2D eigenvalue weighted by Gasteiger charge is -2.14. The standard InChI is InChI=1S/C10H14BrN5S/c1-5-4-7(17-6(5)2)8(13-12)9-10(11)14-15-16(9)3/h4,8,13H,12H2,1-3H3. The highest BCUT2D eigenvalue weighted by molar-refractivity contribution is 9.10. The number of hydrazine groups is 1. The van der Waals surface area contributed by atoms with E-state index in [1.165, 1.54) is 10.4 Å². The van der Waals surface area contributed by atoms with E-state index in [4.69, 9.17) is 5.84 Å². The summed E-state index contributed by atoms with van der Waals surface area (Å²) < 4.78 is 2.44. The molecule has 17 heavy (non-hydrogen) atoms. The van der Waals surface area contributed by atoms with Crippen molar-refractivity contribution in [2.45, 2.75) is 19.9 Å². The molecule has 0 saturated heterocycles. The summed E-state index contributed by atoms with van der Waals surface area (Å²) in [5.41, 5.74) is 5.02. The van der Waals surface area contributed by atoms with Gasteiger partial charge < -0.3 is 0 Å². The van der Waals surface area contributed by atoms with Gasteiger partial charge in [-0.3, -0.25) is 5.84 Å². The van der Waals surface area contributed by atoms with Gasteiger partial charge >= 0.3 is 0 Å². The van der Waals surface area contributed by atoms with E-state index in [9.17, 15) is 0 Å². The lowest BCUT2D eigenvalue weighted by Crippen LogP contribution is -2.30. The van der Waals surface area contributed by atoms with Crippen LogP contribution in [0.15, 0.2) is 10.7 Å². The Hall–Kier alpha value is -0.760. The molecule has 7 heteroatoms. The minimum atomic E-state index is -0.0956. The fourth-order valence-electron chi connectivity index (χ4n) is 1.69. The maximum atomic E-state index is 5.66. The number of halogens is 1. The van der Waals surface area contributed by atoms with Crippen LogP contribution in [0.4, 0.5) is 0 Å². The molecular weight excluding hydrogens is 302 g/mol. The van der Waals surface area contributed by atoms with Gasteiger partial charge in [-0.15, -0.1) is 16.4 Å². The number of hydrogen-bond acceptors (Lipinski definition) is 5. The topological polar surface area (TPSA) is 68.8 Å². The predicted octanol–water partition coefficient (Wildman–Crippen LogP) is 1.81. The third-order valence-electron chi connectivity index (χ3n) is 2.74. The summed E-state index contributed by atoms with van der Waals surface area (Å²) in [6.07, 6.45) is 0. The van der Waals surface area contributed by atoms with Gasteiger partial charge in [-0.05, 0) is 41.4 Å². The number of nitrogens with one attached hydrogen (secondary N) is 1. The number of aryl methyl sites for hydroxylation is 3. The SMILES string of the molecule is Cc1cc(C(NN)c2c(Br)nnn2C)sc1C. The molecule has 2 rings (SSSR count). The van der Waals surface area contributed by atoms with Crippen LogP contribution in [-0.4, -0.2) is 15.0 Å². The average molecular weight is 316 g/mol. The number of thiophene rings is 1. The van der Waals surface area contributed by atoms with Crippen LogP contribution >= 0.6 is 27.3 Å². The Balaban J connectivity index is 2.47. The molecule has 2 aromatic rings. The second-order valence-corrected chi connectivity index (χ2v) is 5.92. The summed E-state index contributed by atoms with van der Waals surface area (Å²) in [6.45, 7) is 4.20.